The van der Waals surface area contributed by atoms with Gasteiger partial charge in [0.2, 0.25) is 0 Å². The molecule has 0 saturated carbocycles. The first kappa shape index (κ1) is 47.1. The third-order valence-electron chi connectivity index (χ3n) is 13.7. The van der Waals surface area contributed by atoms with E-state index < -0.39 is 14.9 Å². The Morgan fingerprint density at radius 1 is 0.676 bits per heavy atom. The molecule has 363 valence electrons. The van der Waals surface area contributed by atoms with Crippen LogP contribution in [0.2, 0.25) is 19.6 Å². The van der Waals surface area contributed by atoms with Crippen LogP contribution in [-0.4, -0.2) is 27.6 Å². The first-order chi connectivity index (χ1) is 34.5. The van der Waals surface area contributed by atoms with Gasteiger partial charge in [0, 0.05) is 53.1 Å². The van der Waals surface area contributed by atoms with Gasteiger partial charge in [-0.3, -0.25) is 4.98 Å². The molecule has 71 heavy (non-hydrogen) atoms. The summed E-state index contributed by atoms with van der Waals surface area (Å²) in [6.45, 7) is 25.2. The number of benzene rings is 6. The molecular formula is C64H66IrN4OSi-2. The van der Waals surface area contributed by atoms with Gasteiger partial charge >= 0.3 is 0 Å². The van der Waals surface area contributed by atoms with E-state index in [1.807, 2.05) is 36.7 Å². The van der Waals surface area contributed by atoms with Crippen molar-refractivity contribution in [2.45, 2.75) is 111 Å². The van der Waals surface area contributed by atoms with E-state index >= 15 is 0 Å². The second-order valence-electron chi connectivity index (χ2n) is 21.8. The van der Waals surface area contributed by atoms with E-state index in [2.05, 4.69) is 196 Å². The predicted molar refractivity (Wildman–Crippen MR) is 298 cm³/mol. The van der Waals surface area contributed by atoms with Gasteiger partial charge in [-0.15, -0.1) is 53.6 Å². The van der Waals surface area contributed by atoms with Gasteiger partial charge in [-0.2, -0.15) is 0 Å². The molecule has 0 N–H and O–H groups in total. The normalized spacial score (nSPS) is 13.0. The monoisotopic (exact) mass is 1130 g/mol. The Morgan fingerprint density at radius 2 is 1.34 bits per heavy atom. The molecule has 4 aromatic heterocycles. The van der Waals surface area contributed by atoms with Crippen molar-refractivity contribution in [2.24, 2.45) is 0 Å². The van der Waals surface area contributed by atoms with E-state index in [0.717, 1.165) is 50.1 Å². The van der Waals surface area contributed by atoms with Crippen LogP contribution in [0.4, 0.5) is 0 Å². The number of aromatic nitrogens is 4. The van der Waals surface area contributed by atoms with Crippen molar-refractivity contribution < 1.29 is 28.6 Å². The molecular weight excluding hydrogens is 1060 g/mol. The minimum atomic E-state index is -2.12. The summed E-state index contributed by atoms with van der Waals surface area (Å²) < 4.78 is 31.5. The third kappa shape index (κ3) is 10.2. The molecule has 0 fully saturated rings. The number of para-hydroxylation sites is 1. The second kappa shape index (κ2) is 20.1. The van der Waals surface area contributed by atoms with Crippen LogP contribution < -0.4 is 5.19 Å². The first-order valence-corrected chi connectivity index (χ1v) is 28.1. The van der Waals surface area contributed by atoms with Gasteiger partial charge in [0.25, 0.3) is 0 Å². The molecule has 6 aromatic carbocycles. The zero-order valence-electron chi connectivity index (χ0n) is 46.1. The summed E-state index contributed by atoms with van der Waals surface area (Å²) in [5.74, 6) is 1.32. The van der Waals surface area contributed by atoms with Crippen molar-refractivity contribution in [3.8, 4) is 39.5 Å². The van der Waals surface area contributed by atoms with Crippen LogP contribution >= 0.6 is 0 Å². The van der Waals surface area contributed by atoms with E-state index in [0.29, 0.717) is 11.2 Å². The van der Waals surface area contributed by atoms with Crippen molar-refractivity contribution >= 4 is 46.4 Å². The largest absolute Gasteiger partial charge is 0.501 e. The molecule has 0 aliphatic heterocycles. The van der Waals surface area contributed by atoms with Gasteiger partial charge in [-0.1, -0.05) is 185 Å². The fourth-order valence-electron chi connectivity index (χ4n) is 9.55. The summed E-state index contributed by atoms with van der Waals surface area (Å²) in [4.78, 5) is 14.9. The molecule has 0 spiro atoms. The maximum atomic E-state index is 7.56. The number of hydrogen-bond donors (Lipinski definition) is 0. The van der Waals surface area contributed by atoms with Crippen LogP contribution in [0.3, 0.4) is 0 Å². The Labute approximate surface area is 440 Å². The SMILES string of the molecule is CC(C)c1cc(-c2ccccc2)cc(C(C)C)c1-n1c(-c2[c-]ccc3c2oc2ccccc23)nc2ncc(C(C)(C)C)cc21.[2H]C([2H])([2H])c1c[c-]c(-c2cc(C(C)(C)c3ccccc3)c([Si](C)(C)C)cn2)cc1.[Ir]. The number of hydrogen-bond acceptors (Lipinski definition) is 4. The fourth-order valence-corrected chi connectivity index (χ4v) is 11.2. The Balaban J connectivity index is 0.000000212. The van der Waals surface area contributed by atoms with E-state index in [1.54, 1.807) is 18.2 Å². The summed E-state index contributed by atoms with van der Waals surface area (Å²) in [6, 6.07) is 54.3. The molecule has 10 aromatic rings. The maximum absolute atomic E-state index is 7.56. The number of furan rings is 1. The standard InChI is InChI=1S/C40H38N3O.C24H28NSi.Ir/c1-24(2)32-20-27(26-14-9-8-10-15-26)21-33(25(3)4)36(32)43-34-22-28(40(5,6)7)23-41-38(34)42-39(43)31-18-13-17-30-29-16-11-12-19-35(29)44-37(30)31;1-18-12-14-19(15-13-18)22-16-21(23(17-25-22)26(4,5)6)24(2,3)20-10-8-7-9-11-20;/h8-17,19-25H,1-7H3;7-14,16-17H,1-6H3;/q2*-1;/i;1D3;. The van der Waals surface area contributed by atoms with Crippen LogP contribution in [-0.2, 0) is 30.9 Å². The topological polar surface area (TPSA) is 56.7 Å². The molecule has 5 nitrogen and oxygen atoms in total. The summed E-state index contributed by atoms with van der Waals surface area (Å²) in [5, 5.41) is 3.49. The molecule has 7 heteroatoms. The molecule has 1 radical (unpaired) electrons. The minimum Gasteiger partial charge on any atom is -0.501 e. The van der Waals surface area contributed by atoms with Gasteiger partial charge < -0.3 is 14.0 Å². The van der Waals surface area contributed by atoms with Gasteiger partial charge in [-0.05, 0) is 91.3 Å². The van der Waals surface area contributed by atoms with E-state index in [1.165, 1.54) is 49.8 Å². The van der Waals surface area contributed by atoms with E-state index in [4.69, 9.17) is 23.5 Å². The molecule has 0 atom stereocenters. The van der Waals surface area contributed by atoms with Gasteiger partial charge in [-0.25, -0.2) is 4.98 Å². The van der Waals surface area contributed by atoms with Crippen molar-refractivity contribution in [2.75, 3.05) is 0 Å². The average Bonchev–Trinajstić information content (AvgIpc) is 3.94. The minimum absolute atomic E-state index is 0. The van der Waals surface area contributed by atoms with Crippen LogP contribution in [0.25, 0.3) is 72.6 Å². The molecule has 4 heterocycles. The van der Waals surface area contributed by atoms with E-state index in [-0.39, 0.29) is 42.8 Å². The number of rotatable bonds is 9. The molecule has 0 bridgehead atoms. The van der Waals surface area contributed by atoms with Crippen LogP contribution in [0.5, 0.6) is 0 Å². The van der Waals surface area contributed by atoms with E-state index in [9.17, 15) is 0 Å². The van der Waals surface area contributed by atoms with Crippen molar-refractivity contribution in [1.29, 1.82) is 0 Å². The van der Waals surface area contributed by atoms with Crippen LogP contribution in [0, 0.1) is 19.0 Å². The number of imidazole rings is 1. The molecule has 10 rings (SSSR count). The zero-order chi connectivity index (χ0) is 52.2. The number of pyridine rings is 2. The van der Waals surface area contributed by atoms with Crippen molar-refractivity contribution in [3.05, 3.63) is 197 Å². The third-order valence-corrected chi connectivity index (χ3v) is 15.7. The second-order valence-corrected chi connectivity index (χ2v) is 26.8. The smallest absolute Gasteiger partial charge is 0.168 e. The molecule has 0 aliphatic rings. The van der Waals surface area contributed by atoms with Gasteiger partial charge in [0.15, 0.2) is 5.65 Å². The average molecular weight is 1130 g/mol. The maximum Gasteiger partial charge on any atom is 0.168 e. The van der Waals surface area contributed by atoms with Gasteiger partial charge in [0.1, 0.15) is 5.58 Å². The molecule has 0 unspecified atom stereocenters. The Bertz CT molecular complexity index is 3570. The molecule has 0 amide bonds. The fraction of sp³-hybridized carbons (Fsp3) is 0.266. The predicted octanol–water partition coefficient (Wildman–Crippen LogP) is 16.7. The zero-order valence-corrected chi connectivity index (χ0v) is 46.5. The number of aryl methyl sites for hydroxylation is 1. The van der Waals surface area contributed by atoms with Crippen molar-refractivity contribution in [1.82, 2.24) is 19.5 Å². The summed E-state index contributed by atoms with van der Waals surface area (Å²) in [5.41, 5.74) is 15.7. The quantitative estimate of drug-likeness (QED) is 0.107. The van der Waals surface area contributed by atoms with Crippen molar-refractivity contribution in [3.63, 3.8) is 0 Å². The Morgan fingerprint density at radius 3 is 1.96 bits per heavy atom. The number of nitrogens with zero attached hydrogens (tertiary/aromatic N) is 4. The van der Waals surface area contributed by atoms with Crippen LogP contribution in [0.1, 0.15) is 112 Å². The Kier molecular flexibility index (Phi) is 13.3. The summed E-state index contributed by atoms with van der Waals surface area (Å²) >= 11 is 0. The summed E-state index contributed by atoms with van der Waals surface area (Å²) in [6.07, 6.45) is 3.99. The Hall–Kier alpha value is -6.24. The summed E-state index contributed by atoms with van der Waals surface area (Å²) in [7, 11) is -1.63. The molecule has 0 aliphatic carbocycles. The van der Waals surface area contributed by atoms with Crippen LogP contribution in [0.15, 0.2) is 156 Å². The molecule has 0 saturated heterocycles. The number of fused-ring (bicyclic) bond motifs is 4. The first-order valence-electron chi connectivity index (χ1n) is 26.1. The van der Waals surface area contributed by atoms with Gasteiger partial charge in [0.05, 0.1) is 25.0 Å².